The van der Waals surface area contributed by atoms with Crippen molar-refractivity contribution in [3.63, 3.8) is 0 Å². The second kappa shape index (κ2) is 5.45. The Morgan fingerprint density at radius 1 is 1.38 bits per heavy atom. The summed E-state index contributed by atoms with van der Waals surface area (Å²) in [6.07, 6.45) is 3.43. The molecule has 21 heavy (non-hydrogen) atoms. The van der Waals surface area contributed by atoms with Crippen molar-refractivity contribution in [2.24, 2.45) is 0 Å². The maximum Gasteiger partial charge on any atom is 0.219 e. The molecule has 0 saturated carbocycles. The first-order valence-electron chi connectivity index (χ1n) is 8.04. The molecule has 0 radical (unpaired) electrons. The highest BCUT2D eigenvalue weighted by Gasteiger charge is 2.46. The summed E-state index contributed by atoms with van der Waals surface area (Å²) in [5, 5.41) is 0. The number of ether oxygens (including phenoxy) is 1. The smallest absolute Gasteiger partial charge is 0.219 e. The van der Waals surface area contributed by atoms with E-state index in [1.807, 2.05) is 4.90 Å². The molecule has 2 aliphatic rings. The number of aryl methyl sites for hydroxylation is 1. The van der Waals surface area contributed by atoms with Crippen molar-refractivity contribution < 1.29 is 9.53 Å². The second-order valence-electron chi connectivity index (χ2n) is 6.53. The zero-order valence-corrected chi connectivity index (χ0v) is 13.3. The minimum atomic E-state index is 0.202. The fraction of sp³-hybridized carbons (Fsp3) is 0.611. The molecule has 1 atom stereocenters. The van der Waals surface area contributed by atoms with Crippen molar-refractivity contribution in [3.05, 3.63) is 34.9 Å². The van der Waals surface area contributed by atoms with Crippen LogP contribution in [0.5, 0.6) is 0 Å². The van der Waals surface area contributed by atoms with Crippen LogP contribution in [0.4, 0.5) is 0 Å². The standard InChI is InChI=1S/C18H25NO2/c1-4-21-17-12-18(7-9-19(10-8-18)14(3)20)16-11-13(2)5-6-15(16)17/h5-6,11,17H,4,7-10,12H2,1-3H3/t17-/m0/s1. The van der Waals surface area contributed by atoms with Gasteiger partial charge in [-0.3, -0.25) is 4.79 Å². The van der Waals surface area contributed by atoms with E-state index in [-0.39, 0.29) is 17.4 Å². The Labute approximate surface area is 127 Å². The molecule has 0 N–H and O–H groups in total. The van der Waals surface area contributed by atoms with Crippen molar-refractivity contribution in [2.75, 3.05) is 19.7 Å². The van der Waals surface area contributed by atoms with Crippen molar-refractivity contribution in [1.82, 2.24) is 4.90 Å². The molecule has 1 aliphatic carbocycles. The zero-order valence-electron chi connectivity index (χ0n) is 13.3. The van der Waals surface area contributed by atoms with Gasteiger partial charge in [-0.15, -0.1) is 0 Å². The van der Waals surface area contributed by atoms with Crippen LogP contribution in [-0.2, 0) is 14.9 Å². The van der Waals surface area contributed by atoms with E-state index >= 15 is 0 Å². The van der Waals surface area contributed by atoms with Crippen molar-refractivity contribution in [3.8, 4) is 0 Å². The van der Waals surface area contributed by atoms with Gasteiger partial charge in [0.05, 0.1) is 6.10 Å². The Kier molecular flexibility index (Phi) is 3.78. The van der Waals surface area contributed by atoms with Gasteiger partial charge in [-0.1, -0.05) is 23.8 Å². The number of benzene rings is 1. The first-order chi connectivity index (χ1) is 10.1. The predicted molar refractivity (Wildman–Crippen MR) is 83.3 cm³/mol. The summed E-state index contributed by atoms with van der Waals surface area (Å²) >= 11 is 0. The van der Waals surface area contributed by atoms with E-state index < -0.39 is 0 Å². The average Bonchev–Trinajstić information content (AvgIpc) is 2.74. The van der Waals surface area contributed by atoms with Gasteiger partial charge in [-0.05, 0) is 44.2 Å². The summed E-state index contributed by atoms with van der Waals surface area (Å²) in [6.45, 7) is 8.41. The molecule has 1 fully saturated rings. The number of likely N-dealkylation sites (tertiary alicyclic amines) is 1. The van der Waals surface area contributed by atoms with Crippen LogP contribution >= 0.6 is 0 Å². The molecular weight excluding hydrogens is 262 g/mol. The number of amides is 1. The number of carbonyl (C=O) groups is 1. The summed E-state index contributed by atoms with van der Waals surface area (Å²) in [5.41, 5.74) is 4.38. The Morgan fingerprint density at radius 2 is 2.10 bits per heavy atom. The lowest BCUT2D eigenvalue weighted by Crippen LogP contribution is -2.43. The predicted octanol–water partition coefficient (Wildman–Crippen LogP) is 3.36. The van der Waals surface area contributed by atoms with Crippen LogP contribution in [0.3, 0.4) is 0 Å². The van der Waals surface area contributed by atoms with Crippen LogP contribution in [0, 0.1) is 6.92 Å². The van der Waals surface area contributed by atoms with E-state index in [1.54, 1.807) is 6.92 Å². The van der Waals surface area contributed by atoms with Crippen molar-refractivity contribution in [1.29, 1.82) is 0 Å². The zero-order chi connectivity index (χ0) is 15.0. The van der Waals surface area contributed by atoms with Gasteiger partial charge in [0.2, 0.25) is 5.91 Å². The Hall–Kier alpha value is -1.35. The SMILES string of the molecule is CCO[C@H]1CC2(CCN(C(C)=O)CC2)c2cc(C)ccc21. The Morgan fingerprint density at radius 3 is 2.71 bits per heavy atom. The lowest BCUT2D eigenvalue weighted by molar-refractivity contribution is -0.130. The van der Waals surface area contributed by atoms with Crippen molar-refractivity contribution >= 4 is 5.91 Å². The summed E-state index contributed by atoms with van der Waals surface area (Å²) in [4.78, 5) is 13.6. The molecule has 1 aromatic rings. The van der Waals surface area contributed by atoms with Gasteiger partial charge >= 0.3 is 0 Å². The second-order valence-corrected chi connectivity index (χ2v) is 6.53. The van der Waals surface area contributed by atoms with Gasteiger partial charge in [0.1, 0.15) is 0 Å². The third-order valence-corrected chi connectivity index (χ3v) is 5.24. The van der Waals surface area contributed by atoms with Gasteiger partial charge in [0.25, 0.3) is 0 Å². The molecule has 1 heterocycles. The lowest BCUT2D eigenvalue weighted by Gasteiger charge is -2.40. The molecule has 0 bridgehead atoms. The highest BCUT2D eigenvalue weighted by molar-refractivity contribution is 5.73. The summed E-state index contributed by atoms with van der Waals surface area (Å²) < 4.78 is 5.99. The normalized spacial score (nSPS) is 23.4. The van der Waals surface area contributed by atoms with E-state index in [0.717, 1.165) is 39.0 Å². The van der Waals surface area contributed by atoms with E-state index in [0.29, 0.717) is 0 Å². The maximum absolute atomic E-state index is 11.6. The average molecular weight is 287 g/mol. The molecule has 3 nitrogen and oxygen atoms in total. The number of nitrogens with zero attached hydrogens (tertiary/aromatic N) is 1. The molecule has 1 amide bonds. The molecular formula is C18H25NO2. The summed E-state index contributed by atoms with van der Waals surface area (Å²) in [5.74, 6) is 0.202. The number of hydrogen-bond donors (Lipinski definition) is 0. The van der Waals surface area contributed by atoms with Crippen LogP contribution in [0.2, 0.25) is 0 Å². The molecule has 3 rings (SSSR count). The molecule has 1 aliphatic heterocycles. The lowest BCUT2D eigenvalue weighted by atomic mass is 9.73. The van der Waals surface area contributed by atoms with E-state index in [4.69, 9.17) is 4.74 Å². The fourth-order valence-corrected chi connectivity index (χ4v) is 4.06. The molecule has 1 saturated heterocycles. The number of piperidine rings is 1. The molecule has 114 valence electrons. The molecule has 0 aromatic heterocycles. The highest BCUT2D eigenvalue weighted by Crippen LogP contribution is 2.52. The number of fused-ring (bicyclic) bond motifs is 2. The first kappa shape index (κ1) is 14.6. The molecule has 1 aromatic carbocycles. The van der Waals surface area contributed by atoms with Crippen LogP contribution in [-0.4, -0.2) is 30.5 Å². The molecule has 1 spiro atoms. The monoisotopic (exact) mass is 287 g/mol. The number of hydrogen-bond acceptors (Lipinski definition) is 2. The van der Waals surface area contributed by atoms with Crippen LogP contribution in [0.1, 0.15) is 55.9 Å². The third-order valence-electron chi connectivity index (χ3n) is 5.24. The van der Waals surface area contributed by atoms with E-state index in [1.165, 1.54) is 16.7 Å². The number of carbonyl (C=O) groups excluding carboxylic acids is 1. The molecule has 3 heteroatoms. The Bertz CT molecular complexity index is 544. The quantitative estimate of drug-likeness (QED) is 0.835. The minimum Gasteiger partial charge on any atom is -0.374 e. The van der Waals surface area contributed by atoms with Gasteiger partial charge in [0, 0.05) is 32.0 Å². The van der Waals surface area contributed by atoms with Crippen molar-refractivity contribution in [2.45, 2.75) is 51.6 Å². The van der Waals surface area contributed by atoms with Gasteiger partial charge in [-0.2, -0.15) is 0 Å². The third kappa shape index (κ3) is 2.48. The largest absolute Gasteiger partial charge is 0.374 e. The fourth-order valence-electron chi connectivity index (χ4n) is 4.06. The van der Waals surface area contributed by atoms with Crippen LogP contribution in [0.15, 0.2) is 18.2 Å². The van der Waals surface area contributed by atoms with E-state index in [9.17, 15) is 4.79 Å². The minimum absolute atomic E-state index is 0.202. The summed E-state index contributed by atoms with van der Waals surface area (Å²) in [7, 11) is 0. The van der Waals surface area contributed by atoms with Crippen LogP contribution < -0.4 is 0 Å². The van der Waals surface area contributed by atoms with Gasteiger partial charge in [-0.25, -0.2) is 0 Å². The highest BCUT2D eigenvalue weighted by atomic mass is 16.5. The maximum atomic E-state index is 11.6. The van der Waals surface area contributed by atoms with E-state index in [2.05, 4.69) is 32.0 Å². The summed E-state index contributed by atoms with van der Waals surface area (Å²) in [6, 6.07) is 6.78. The van der Waals surface area contributed by atoms with Crippen LogP contribution in [0.25, 0.3) is 0 Å². The topological polar surface area (TPSA) is 29.5 Å². The molecule has 0 unspecified atom stereocenters. The Balaban J connectivity index is 1.91. The first-order valence-corrected chi connectivity index (χ1v) is 8.04. The number of rotatable bonds is 2. The van der Waals surface area contributed by atoms with Gasteiger partial charge in [0.15, 0.2) is 0 Å². The van der Waals surface area contributed by atoms with Gasteiger partial charge < -0.3 is 9.64 Å².